The molecule has 1 aromatic rings. The highest BCUT2D eigenvalue weighted by atomic mass is 35.5. The normalized spacial score (nSPS) is 18.7. The molecule has 2 rings (SSSR count). The van der Waals surface area contributed by atoms with Gasteiger partial charge in [0.05, 0.1) is 6.04 Å². The number of carbonyl (C=O) groups excluding carboxylic acids is 4. The number of alkyl halides is 4. The van der Waals surface area contributed by atoms with Gasteiger partial charge in [-0.2, -0.15) is 21.6 Å². The number of oxime groups is 1. The van der Waals surface area contributed by atoms with E-state index in [4.69, 9.17) is 16.2 Å². The molecular weight excluding hydrogens is 537 g/mol. The Hall–Kier alpha value is -3.03. The summed E-state index contributed by atoms with van der Waals surface area (Å²) in [5.74, 6) is -6.00. The van der Waals surface area contributed by atoms with Gasteiger partial charge >= 0.3 is 22.4 Å². The van der Waals surface area contributed by atoms with E-state index in [0.29, 0.717) is 0 Å². The number of nitrogens with zero attached hydrogens (tertiary/aromatic N) is 3. The second-order valence-corrected chi connectivity index (χ2v) is 8.59. The number of anilines is 1. The van der Waals surface area contributed by atoms with Crippen molar-refractivity contribution >= 4 is 67.7 Å². The van der Waals surface area contributed by atoms with E-state index in [2.05, 4.69) is 20.3 Å². The van der Waals surface area contributed by atoms with E-state index in [-0.39, 0.29) is 21.0 Å². The van der Waals surface area contributed by atoms with Gasteiger partial charge in [-0.05, 0) is 0 Å². The van der Waals surface area contributed by atoms with Crippen LogP contribution in [0.2, 0.25) is 0 Å². The van der Waals surface area contributed by atoms with Crippen LogP contribution in [0.3, 0.4) is 0 Å². The Labute approximate surface area is 197 Å². The van der Waals surface area contributed by atoms with E-state index < -0.39 is 64.4 Å². The first-order valence-corrected chi connectivity index (χ1v) is 11.4. The van der Waals surface area contributed by atoms with Crippen molar-refractivity contribution in [3.8, 4) is 0 Å². The average molecular weight is 551 g/mol. The molecule has 0 spiro atoms. The summed E-state index contributed by atoms with van der Waals surface area (Å²) in [6.45, 7) is -1.09. The average Bonchev–Trinajstić information content (AvgIpc) is 3.18. The number of thiazole rings is 1. The van der Waals surface area contributed by atoms with Crippen molar-refractivity contribution in [2.24, 2.45) is 5.16 Å². The molecule has 2 atom stereocenters. The summed E-state index contributed by atoms with van der Waals surface area (Å²) >= 11 is 6.23. The van der Waals surface area contributed by atoms with E-state index in [0.717, 1.165) is 18.4 Å². The molecule has 1 aliphatic heterocycles. The van der Waals surface area contributed by atoms with Gasteiger partial charge in [-0.15, -0.1) is 22.9 Å². The summed E-state index contributed by atoms with van der Waals surface area (Å²) < 4.78 is 69.0. The lowest BCUT2D eigenvalue weighted by atomic mass is 9.98. The number of hydrogen-bond acceptors (Lipinski definition) is 10. The Balaban J connectivity index is 2.22. The summed E-state index contributed by atoms with van der Waals surface area (Å²) in [7, 11) is -4.17. The predicted molar refractivity (Wildman–Crippen MR) is 108 cm³/mol. The number of β-lactam (4-membered cyclic amide) rings is 1. The zero-order valence-electron chi connectivity index (χ0n) is 16.6. The van der Waals surface area contributed by atoms with Gasteiger partial charge in [-0.3, -0.25) is 23.7 Å². The van der Waals surface area contributed by atoms with Crippen molar-refractivity contribution in [2.45, 2.75) is 18.3 Å². The summed E-state index contributed by atoms with van der Waals surface area (Å²) in [6, 6.07) is -3.57. The van der Waals surface area contributed by atoms with E-state index >= 15 is 0 Å². The molecule has 0 aromatic carbocycles. The third-order valence-electron chi connectivity index (χ3n) is 3.95. The van der Waals surface area contributed by atoms with Gasteiger partial charge in [0.2, 0.25) is 5.91 Å². The van der Waals surface area contributed by atoms with Crippen LogP contribution in [0.5, 0.6) is 0 Å². The fraction of sp³-hybridized carbons (Fsp3) is 0.429. The maximum Gasteiger partial charge on any atom is 0.471 e. The molecular formula is C14H14ClF3N6O8S2. The minimum atomic E-state index is -5.31. The summed E-state index contributed by atoms with van der Waals surface area (Å²) in [4.78, 5) is 55.6. The van der Waals surface area contributed by atoms with Crippen LogP contribution in [0.15, 0.2) is 10.5 Å². The molecule has 0 bridgehead atoms. The van der Waals surface area contributed by atoms with E-state index in [1.165, 1.54) is 10.7 Å². The van der Waals surface area contributed by atoms with Gasteiger partial charge in [0.1, 0.15) is 24.7 Å². The number of hydrogen-bond donors (Lipinski definition) is 4. The molecule has 0 saturated carbocycles. The minimum absolute atomic E-state index is 0.0160. The van der Waals surface area contributed by atoms with Crippen LogP contribution in [0.4, 0.5) is 18.3 Å². The highest BCUT2D eigenvalue weighted by Gasteiger charge is 2.54. The zero-order chi connectivity index (χ0) is 25.8. The highest BCUT2D eigenvalue weighted by molar-refractivity contribution is 7.84. The molecule has 0 aliphatic carbocycles. The Morgan fingerprint density at radius 3 is 2.56 bits per heavy atom. The maximum absolute atomic E-state index is 12.7. The number of rotatable bonds is 9. The topological polar surface area (TPSA) is 196 Å². The largest absolute Gasteiger partial charge is 0.471 e. The van der Waals surface area contributed by atoms with Crippen LogP contribution >= 0.6 is 22.9 Å². The van der Waals surface area contributed by atoms with Crippen LogP contribution < -0.4 is 16.0 Å². The first-order chi connectivity index (χ1) is 15.7. The monoisotopic (exact) mass is 550 g/mol. The van der Waals surface area contributed by atoms with Crippen molar-refractivity contribution in [1.29, 1.82) is 0 Å². The smallest absolute Gasteiger partial charge is 0.398 e. The zero-order valence-corrected chi connectivity index (χ0v) is 19.0. The van der Waals surface area contributed by atoms with Crippen LogP contribution in [-0.2, 0) is 34.3 Å². The van der Waals surface area contributed by atoms with Gasteiger partial charge in [0, 0.05) is 11.9 Å². The Morgan fingerprint density at radius 2 is 2.03 bits per heavy atom. The molecule has 1 aliphatic rings. The Kier molecular flexibility index (Phi) is 8.40. The van der Waals surface area contributed by atoms with Crippen LogP contribution in [0.1, 0.15) is 5.69 Å². The first-order valence-electron chi connectivity index (χ1n) is 8.60. The Bertz CT molecular complexity index is 1120. The van der Waals surface area contributed by atoms with E-state index in [9.17, 15) is 40.8 Å². The number of halogens is 4. The van der Waals surface area contributed by atoms with Crippen molar-refractivity contribution in [1.82, 2.24) is 19.9 Å². The van der Waals surface area contributed by atoms with Gasteiger partial charge in [-0.1, -0.05) is 5.16 Å². The third kappa shape index (κ3) is 6.30. The standard InChI is InChI=1S/C14H14ClF3N6O8S2/c1-32-23-8(5-4-33-13(20-5)21-7(25)2-15)10(26)22-9-6(3-19-12(28)14(16,17)18)24(11(9)27)34(29,30)31/h4,6,9H,2-3H2,1H3,(H,19,28)(H,22,26)(H,20,21,25)(H,29,30,31). The number of carbonyl (C=O) groups is 4. The molecule has 20 heteroatoms. The van der Waals surface area contributed by atoms with Crippen LogP contribution in [0, 0.1) is 0 Å². The Morgan fingerprint density at radius 1 is 1.38 bits per heavy atom. The predicted octanol–water partition coefficient (Wildman–Crippen LogP) is -1.15. The van der Waals surface area contributed by atoms with Crippen molar-refractivity contribution in [2.75, 3.05) is 24.9 Å². The minimum Gasteiger partial charge on any atom is -0.398 e. The van der Waals surface area contributed by atoms with Gasteiger partial charge in [0.25, 0.3) is 11.8 Å². The quantitative estimate of drug-likeness (QED) is 0.0964. The van der Waals surface area contributed by atoms with Crippen LogP contribution in [-0.4, -0.2) is 89.4 Å². The van der Waals surface area contributed by atoms with Gasteiger partial charge in [0.15, 0.2) is 10.8 Å². The molecule has 4 amide bonds. The van der Waals surface area contributed by atoms with E-state index in [1.807, 2.05) is 5.32 Å². The third-order valence-corrected chi connectivity index (χ3v) is 5.89. The lowest BCUT2D eigenvalue weighted by molar-refractivity contribution is -0.174. The first kappa shape index (κ1) is 27.2. The summed E-state index contributed by atoms with van der Waals surface area (Å²) in [5, 5.41) is 10.4. The van der Waals surface area contributed by atoms with E-state index in [1.54, 1.807) is 0 Å². The van der Waals surface area contributed by atoms with Gasteiger partial charge < -0.3 is 20.8 Å². The molecule has 1 fully saturated rings. The number of aromatic nitrogens is 1. The molecule has 34 heavy (non-hydrogen) atoms. The molecule has 0 radical (unpaired) electrons. The second-order valence-electron chi connectivity index (χ2n) is 6.18. The SMILES string of the molecule is CON=C(C(=O)NC1C(=O)N(S(=O)(=O)O)C1CNC(=O)C(F)(F)F)c1csc(NC(=O)CCl)n1. The highest BCUT2D eigenvalue weighted by Crippen LogP contribution is 2.24. The second kappa shape index (κ2) is 10.5. The number of amides is 4. The maximum atomic E-state index is 12.7. The molecule has 4 N–H and O–H groups in total. The summed E-state index contributed by atoms with van der Waals surface area (Å²) in [6.07, 6.45) is -5.31. The molecule has 188 valence electrons. The van der Waals surface area contributed by atoms with Crippen molar-refractivity contribution < 1.29 is 50.2 Å². The molecule has 2 unspecified atom stereocenters. The molecule has 14 nitrogen and oxygen atoms in total. The molecule has 1 saturated heterocycles. The lowest BCUT2D eigenvalue weighted by Gasteiger charge is -2.44. The molecule has 1 aromatic heterocycles. The summed E-state index contributed by atoms with van der Waals surface area (Å²) in [5.41, 5.74) is -0.712. The fourth-order valence-electron chi connectivity index (χ4n) is 2.56. The van der Waals surface area contributed by atoms with Gasteiger partial charge in [-0.25, -0.2) is 9.29 Å². The van der Waals surface area contributed by atoms with Crippen molar-refractivity contribution in [3.63, 3.8) is 0 Å². The van der Waals surface area contributed by atoms with Crippen molar-refractivity contribution in [3.05, 3.63) is 11.1 Å². The fourth-order valence-corrected chi connectivity index (χ4v) is 4.21. The number of nitrogens with one attached hydrogen (secondary N) is 3. The van der Waals surface area contributed by atoms with Crippen LogP contribution in [0.25, 0.3) is 0 Å². The molecule has 2 heterocycles. The lowest BCUT2D eigenvalue weighted by Crippen LogP contribution is -2.74.